The van der Waals surface area contributed by atoms with Crippen LogP contribution in [-0.4, -0.2) is 61.0 Å². The van der Waals surface area contributed by atoms with Gasteiger partial charge in [-0.1, -0.05) is 6.07 Å². The predicted molar refractivity (Wildman–Crippen MR) is 70.5 cm³/mol. The van der Waals surface area contributed by atoms with Gasteiger partial charge in [-0.15, -0.1) is 0 Å². The molecule has 1 N–H and O–H groups in total. The number of hydrogen-bond donors (Lipinski definition) is 1. The summed E-state index contributed by atoms with van der Waals surface area (Å²) >= 11 is 0. The molecular weight excluding hydrogens is 245 g/mol. The van der Waals surface area contributed by atoms with Crippen LogP contribution < -0.4 is 5.32 Å². The summed E-state index contributed by atoms with van der Waals surface area (Å²) in [5, 5.41) is 3.32. The van der Waals surface area contributed by atoms with Gasteiger partial charge in [0.25, 0.3) is 5.91 Å². The second-order valence-corrected chi connectivity index (χ2v) is 5.16. The third kappa shape index (κ3) is 2.62. The zero-order chi connectivity index (χ0) is 13.2. The topological polar surface area (TPSA) is 35.6 Å². The molecule has 2 saturated heterocycles. The van der Waals surface area contributed by atoms with Crippen molar-refractivity contribution in [2.24, 2.45) is 0 Å². The molecule has 0 radical (unpaired) electrons. The van der Waals surface area contributed by atoms with Gasteiger partial charge in [-0.2, -0.15) is 0 Å². The van der Waals surface area contributed by atoms with Crippen LogP contribution in [-0.2, 0) is 0 Å². The highest BCUT2D eigenvalue weighted by molar-refractivity contribution is 5.94. The third-order valence-electron chi connectivity index (χ3n) is 3.89. The summed E-state index contributed by atoms with van der Waals surface area (Å²) in [6.45, 7) is 5.66. The van der Waals surface area contributed by atoms with Crippen LogP contribution in [0.25, 0.3) is 0 Å². The molecule has 0 unspecified atom stereocenters. The number of hydrogen-bond acceptors (Lipinski definition) is 3. The lowest BCUT2D eigenvalue weighted by molar-refractivity contribution is 0.0227. The lowest BCUT2D eigenvalue weighted by Crippen LogP contribution is -2.63. The van der Waals surface area contributed by atoms with E-state index in [-0.39, 0.29) is 11.7 Å². The van der Waals surface area contributed by atoms with Crippen LogP contribution in [0.2, 0.25) is 0 Å². The minimum Gasteiger partial charge on any atom is -0.335 e. The average molecular weight is 263 g/mol. The number of likely N-dealkylation sites (tertiary alicyclic amines) is 1. The second kappa shape index (κ2) is 5.27. The Bertz CT molecular complexity index is 468. The Morgan fingerprint density at radius 3 is 2.68 bits per heavy atom. The van der Waals surface area contributed by atoms with E-state index in [1.807, 2.05) is 0 Å². The molecule has 19 heavy (non-hydrogen) atoms. The lowest BCUT2D eigenvalue weighted by Gasteiger charge is -2.46. The molecule has 3 rings (SSSR count). The van der Waals surface area contributed by atoms with Crippen molar-refractivity contribution >= 4 is 5.91 Å². The molecule has 2 aliphatic heterocycles. The van der Waals surface area contributed by atoms with Crippen LogP contribution in [0.4, 0.5) is 4.39 Å². The lowest BCUT2D eigenvalue weighted by atomic mass is 10.0. The molecule has 0 aliphatic carbocycles. The Hall–Kier alpha value is -1.46. The van der Waals surface area contributed by atoms with Gasteiger partial charge in [0.05, 0.1) is 0 Å². The summed E-state index contributed by atoms with van der Waals surface area (Å²) in [4.78, 5) is 16.4. The average Bonchev–Trinajstić information content (AvgIpc) is 2.38. The van der Waals surface area contributed by atoms with Gasteiger partial charge in [-0.3, -0.25) is 9.69 Å². The molecule has 0 bridgehead atoms. The van der Waals surface area contributed by atoms with Gasteiger partial charge in [0.2, 0.25) is 0 Å². The van der Waals surface area contributed by atoms with Gasteiger partial charge in [0.1, 0.15) is 5.82 Å². The highest BCUT2D eigenvalue weighted by Crippen LogP contribution is 2.18. The maximum atomic E-state index is 13.1. The van der Waals surface area contributed by atoms with E-state index in [0.29, 0.717) is 11.6 Å². The molecule has 0 spiro atoms. The quantitative estimate of drug-likeness (QED) is 0.846. The van der Waals surface area contributed by atoms with E-state index < -0.39 is 0 Å². The van der Waals surface area contributed by atoms with Gasteiger partial charge in [0, 0.05) is 50.9 Å². The summed E-state index contributed by atoms with van der Waals surface area (Å²) in [6, 6.07) is 6.39. The number of amides is 1. The van der Waals surface area contributed by atoms with Gasteiger partial charge in [0.15, 0.2) is 0 Å². The largest absolute Gasteiger partial charge is 0.335 e. The first kappa shape index (κ1) is 12.6. The van der Waals surface area contributed by atoms with Gasteiger partial charge in [-0.05, 0) is 18.2 Å². The number of nitrogens with one attached hydrogen (secondary N) is 1. The molecule has 0 saturated carbocycles. The fourth-order valence-corrected chi connectivity index (χ4v) is 2.70. The molecular formula is C14H18FN3O. The number of rotatable bonds is 2. The maximum absolute atomic E-state index is 13.1. The molecule has 2 heterocycles. The van der Waals surface area contributed by atoms with Crippen molar-refractivity contribution in [3.63, 3.8) is 0 Å². The molecule has 4 nitrogen and oxygen atoms in total. The molecule has 0 atom stereocenters. The zero-order valence-corrected chi connectivity index (χ0v) is 10.8. The Balaban J connectivity index is 1.56. The van der Waals surface area contributed by atoms with Crippen molar-refractivity contribution < 1.29 is 9.18 Å². The Morgan fingerprint density at radius 1 is 1.26 bits per heavy atom. The number of carbonyl (C=O) groups is 1. The molecule has 5 heteroatoms. The summed E-state index contributed by atoms with van der Waals surface area (Å²) < 4.78 is 13.1. The van der Waals surface area contributed by atoms with Crippen molar-refractivity contribution in [2.75, 3.05) is 39.3 Å². The molecule has 2 aliphatic rings. The van der Waals surface area contributed by atoms with Crippen LogP contribution >= 0.6 is 0 Å². The van der Waals surface area contributed by atoms with E-state index in [0.717, 1.165) is 39.3 Å². The van der Waals surface area contributed by atoms with E-state index >= 15 is 0 Å². The highest BCUT2D eigenvalue weighted by Gasteiger charge is 2.35. The maximum Gasteiger partial charge on any atom is 0.254 e. The van der Waals surface area contributed by atoms with Crippen LogP contribution in [0.5, 0.6) is 0 Å². The van der Waals surface area contributed by atoms with Crippen LogP contribution in [0.15, 0.2) is 24.3 Å². The van der Waals surface area contributed by atoms with E-state index in [9.17, 15) is 9.18 Å². The number of nitrogens with zero attached hydrogens (tertiary/aromatic N) is 2. The van der Waals surface area contributed by atoms with E-state index in [1.165, 1.54) is 12.1 Å². The molecule has 1 amide bonds. The minimum atomic E-state index is -0.356. The number of benzene rings is 1. The predicted octanol–water partition coefficient (Wildman–Crippen LogP) is 0.555. The molecule has 2 fully saturated rings. The summed E-state index contributed by atoms with van der Waals surface area (Å²) in [5.41, 5.74) is 0.443. The third-order valence-corrected chi connectivity index (χ3v) is 3.89. The van der Waals surface area contributed by atoms with Gasteiger partial charge < -0.3 is 10.2 Å². The minimum absolute atomic E-state index is 0.0640. The van der Waals surface area contributed by atoms with Crippen molar-refractivity contribution in [1.29, 1.82) is 0 Å². The SMILES string of the molecule is O=C(c1cccc(F)c1)N1CC(N2CCNCC2)C1. The van der Waals surface area contributed by atoms with Gasteiger partial charge >= 0.3 is 0 Å². The molecule has 0 aromatic heterocycles. The second-order valence-electron chi connectivity index (χ2n) is 5.16. The number of halogens is 1. The first-order chi connectivity index (χ1) is 9.24. The van der Waals surface area contributed by atoms with Crippen molar-refractivity contribution in [3.05, 3.63) is 35.6 Å². The van der Waals surface area contributed by atoms with Crippen molar-refractivity contribution in [2.45, 2.75) is 6.04 Å². The summed E-state index contributed by atoms with van der Waals surface area (Å²) in [7, 11) is 0. The summed E-state index contributed by atoms with van der Waals surface area (Å²) in [6.07, 6.45) is 0. The first-order valence-corrected chi connectivity index (χ1v) is 6.73. The zero-order valence-electron chi connectivity index (χ0n) is 10.8. The normalized spacial score (nSPS) is 21.2. The Morgan fingerprint density at radius 2 is 2.00 bits per heavy atom. The number of piperazine rings is 1. The monoisotopic (exact) mass is 263 g/mol. The molecule has 102 valence electrons. The fraction of sp³-hybridized carbons (Fsp3) is 0.500. The summed E-state index contributed by atoms with van der Waals surface area (Å²) in [5.74, 6) is -0.420. The van der Waals surface area contributed by atoms with Crippen LogP contribution in [0.1, 0.15) is 10.4 Å². The van der Waals surface area contributed by atoms with Crippen LogP contribution in [0.3, 0.4) is 0 Å². The smallest absolute Gasteiger partial charge is 0.254 e. The fourth-order valence-electron chi connectivity index (χ4n) is 2.70. The van der Waals surface area contributed by atoms with E-state index in [4.69, 9.17) is 0 Å². The van der Waals surface area contributed by atoms with E-state index in [1.54, 1.807) is 17.0 Å². The first-order valence-electron chi connectivity index (χ1n) is 6.73. The van der Waals surface area contributed by atoms with Gasteiger partial charge in [-0.25, -0.2) is 4.39 Å². The molecule has 1 aromatic rings. The Labute approximate surface area is 112 Å². The molecule has 1 aromatic carbocycles. The number of carbonyl (C=O) groups excluding carboxylic acids is 1. The Kier molecular flexibility index (Phi) is 3.48. The van der Waals surface area contributed by atoms with E-state index in [2.05, 4.69) is 10.2 Å². The van der Waals surface area contributed by atoms with Crippen molar-refractivity contribution in [1.82, 2.24) is 15.1 Å². The van der Waals surface area contributed by atoms with Crippen LogP contribution in [0, 0.1) is 5.82 Å². The highest BCUT2D eigenvalue weighted by atomic mass is 19.1. The standard InChI is InChI=1S/C14H18FN3O/c15-12-3-1-2-11(8-12)14(19)18-9-13(10-18)17-6-4-16-5-7-17/h1-3,8,13,16H,4-7,9-10H2. The van der Waals surface area contributed by atoms with Crippen molar-refractivity contribution in [3.8, 4) is 0 Å².